The third-order valence-corrected chi connectivity index (χ3v) is 3.97. The molecule has 3 rings (SSSR count). The van der Waals surface area contributed by atoms with Gasteiger partial charge in [-0.3, -0.25) is 4.79 Å². The summed E-state index contributed by atoms with van der Waals surface area (Å²) in [5, 5.41) is 11.3. The lowest BCUT2D eigenvalue weighted by Gasteiger charge is -2.12. The van der Waals surface area contributed by atoms with E-state index in [1.807, 2.05) is 6.07 Å². The van der Waals surface area contributed by atoms with Crippen LogP contribution in [0.4, 0.5) is 10.1 Å². The molecule has 0 radical (unpaired) electrons. The van der Waals surface area contributed by atoms with E-state index in [1.165, 1.54) is 18.6 Å². The number of carbonyl (C=O) groups excluding carboxylic acids is 1. The molecule has 0 aliphatic heterocycles. The van der Waals surface area contributed by atoms with Crippen molar-refractivity contribution in [1.82, 2.24) is 0 Å². The molecule has 1 N–H and O–H groups in total. The summed E-state index contributed by atoms with van der Waals surface area (Å²) >= 11 is 0. The molecule has 4 heteroatoms. The number of rotatable bonds is 2. The van der Waals surface area contributed by atoms with Gasteiger partial charge in [-0.15, -0.1) is 0 Å². The summed E-state index contributed by atoms with van der Waals surface area (Å²) in [6.07, 6.45) is 3.14. The zero-order chi connectivity index (χ0) is 12.7. The number of anilines is 1. The highest BCUT2D eigenvalue weighted by Gasteiger charge is 2.48. The van der Waals surface area contributed by atoms with Crippen LogP contribution in [0.25, 0.3) is 0 Å². The number of amides is 1. The first kappa shape index (κ1) is 11.2. The predicted molar refractivity (Wildman–Crippen MR) is 64.1 cm³/mol. The lowest BCUT2D eigenvalue weighted by molar-refractivity contribution is -0.120. The van der Waals surface area contributed by atoms with Gasteiger partial charge in [-0.2, -0.15) is 5.26 Å². The van der Waals surface area contributed by atoms with Crippen molar-refractivity contribution in [2.75, 3.05) is 5.32 Å². The van der Waals surface area contributed by atoms with Crippen LogP contribution in [0.5, 0.6) is 0 Å². The highest BCUT2D eigenvalue weighted by Crippen LogP contribution is 2.54. The van der Waals surface area contributed by atoms with E-state index in [0.29, 0.717) is 0 Å². The number of nitriles is 1. The van der Waals surface area contributed by atoms with Crippen molar-refractivity contribution < 1.29 is 9.18 Å². The summed E-state index contributed by atoms with van der Waals surface area (Å²) in [6, 6.07) is 5.95. The first-order valence-electron chi connectivity index (χ1n) is 6.18. The standard InChI is InChI=1S/C14H13FN2O/c15-12-3-8(7-16)1-2-13(12)17-14(18)11-5-9-4-10(9)6-11/h1-3,9-11H,4-6H2,(H,17,18). The second-order valence-electron chi connectivity index (χ2n) is 5.22. The molecule has 1 aromatic carbocycles. The fourth-order valence-electron chi connectivity index (χ4n) is 2.85. The van der Waals surface area contributed by atoms with Gasteiger partial charge in [0.15, 0.2) is 0 Å². The van der Waals surface area contributed by atoms with Gasteiger partial charge in [0.05, 0.1) is 17.3 Å². The van der Waals surface area contributed by atoms with Gasteiger partial charge in [-0.1, -0.05) is 0 Å². The Morgan fingerprint density at radius 2 is 2.06 bits per heavy atom. The molecule has 0 heterocycles. The SMILES string of the molecule is N#Cc1ccc(NC(=O)C2CC3CC3C2)c(F)c1. The van der Waals surface area contributed by atoms with E-state index >= 15 is 0 Å². The van der Waals surface area contributed by atoms with E-state index in [2.05, 4.69) is 5.32 Å². The fraction of sp³-hybridized carbons (Fsp3) is 0.429. The molecule has 0 aromatic heterocycles. The van der Waals surface area contributed by atoms with Crippen molar-refractivity contribution in [1.29, 1.82) is 5.26 Å². The minimum Gasteiger partial charge on any atom is -0.323 e. The minimum absolute atomic E-state index is 0.0313. The van der Waals surface area contributed by atoms with Crippen molar-refractivity contribution in [3.63, 3.8) is 0 Å². The normalized spacial score (nSPS) is 28.3. The number of carbonyl (C=O) groups is 1. The van der Waals surface area contributed by atoms with Gasteiger partial charge in [0.25, 0.3) is 0 Å². The Morgan fingerprint density at radius 3 is 2.67 bits per heavy atom. The maximum Gasteiger partial charge on any atom is 0.227 e. The molecule has 2 atom stereocenters. The number of hydrogen-bond donors (Lipinski definition) is 1. The van der Waals surface area contributed by atoms with E-state index in [1.54, 1.807) is 0 Å². The first-order chi connectivity index (χ1) is 8.67. The number of halogens is 1. The van der Waals surface area contributed by atoms with Crippen LogP contribution in [0.3, 0.4) is 0 Å². The van der Waals surface area contributed by atoms with Crippen molar-refractivity contribution in [2.24, 2.45) is 17.8 Å². The average Bonchev–Trinajstić information content (AvgIpc) is 2.98. The summed E-state index contributed by atoms with van der Waals surface area (Å²) in [5.74, 6) is 0.846. The van der Waals surface area contributed by atoms with E-state index in [9.17, 15) is 9.18 Å². The van der Waals surface area contributed by atoms with Crippen LogP contribution < -0.4 is 5.32 Å². The zero-order valence-corrected chi connectivity index (χ0v) is 9.82. The molecule has 1 aromatic rings. The number of benzene rings is 1. The Bertz CT molecular complexity index is 539. The van der Waals surface area contributed by atoms with Gasteiger partial charge in [-0.05, 0) is 49.3 Å². The fourth-order valence-corrected chi connectivity index (χ4v) is 2.85. The van der Waals surface area contributed by atoms with E-state index in [4.69, 9.17) is 5.26 Å². The van der Waals surface area contributed by atoms with Crippen molar-refractivity contribution in [3.05, 3.63) is 29.6 Å². The first-order valence-corrected chi connectivity index (χ1v) is 6.18. The third-order valence-electron chi connectivity index (χ3n) is 3.97. The van der Waals surface area contributed by atoms with Crippen LogP contribution in [-0.2, 0) is 4.79 Å². The Morgan fingerprint density at radius 1 is 1.33 bits per heavy atom. The van der Waals surface area contributed by atoms with Crippen molar-refractivity contribution >= 4 is 11.6 Å². The highest BCUT2D eigenvalue weighted by atomic mass is 19.1. The molecule has 2 aliphatic rings. The smallest absolute Gasteiger partial charge is 0.227 e. The van der Waals surface area contributed by atoms with Gasteiger partial charge in [-0.25, -0.2) is 4.39 Å². The van der Waals surface area contributed by atoms with Gasteiger partial charge in [0.2, 0.25) is 5.91 Å². The molecular weight excluding hydrogens is 231 g/mol. The number of nitrogens with zero attached hydrogens (tertiary/aromatic N) is 1. The van der Waals surface area contributed by atoms with Crippen molar-refractivity contribution in [2.45, 2.75) is 19.3 Å². The largest absolute Gasteiger partial charge is 0.323 e. The summed E-state index contributed by atoms with van der Waals surface area (Å²) in [5.41, 5.74) is 0.423. The summed E-state index contributed by atoms with van der Waals surface area (Å²) < 4.78 is 13.6. The molecule has 1 amide bonds. The maximum atomic E-state index is 13.6. The Balaban J connectivity index is 1.69. The summed E-state index contributed by atoms with van der Waals surface area (Å²) in [7, 11) is 0. The number of hydrogen-bond acceptors (Lipinski definition) is 2. The highest BCUT2D eigenvalue weighted by molar-refractivity contribution is 5.93. The van der Waals surface area contributed by atoms with Crippen LogP contribution in [0.15, 0.2) is 18.2 Å². The molecule has 2 fully saturated rings. The number of fused-ring (bicyclic) bond motifs is 1. The Hall–Kier alpha value is -1.89. The molecule has 18 heavy (non-hydrogen) atoms. The van der Waals surface area contributed by atoms with E-state index in [0.717, 1.165) is 30.7 Å². The maximum absolute atomic E-state index is 13.6. The molecular formula is C14H13FN2O. The molecule has 92 valence electrons. The predicted octanol–water partition coefficient (Wildman–Crippen LogP) is 2.68. The van der Waals surface area contributed by atoms with Crippen LogP contribution in [0.2, 0.25) is 0 Å². The topological polar surface area (TPSA) is 52.9 Å². The van der Waals surface area contributed by atoms with Crippen LogP contribution in [0.1, 0.15) is 24.8 Å². The molecule has 3 nitrogen and oxygen atoms in total. The average molecular weight is 244 g/mol. The van der Waals surface area contributed by atoms with Gasteiger partial charge < -0.3 is 5.32 Å². The van der Waals surface area contributed by atoms with Crippen LogP contribution in [-0.4, -0.2) is 5.91 Å². The van der Waals surface area contributed by atoms with Crippen molar-refractivity contribution in [3.8, 4) is 6.07 Å². The molecule has 0 bridgehead atoms. The molecule has 2 unspecified atom stereocenters. The third kappa shape index (κ3) is 1.97. The second kappa shape index (κ2) is 4.09. The van der Waals surface area contributed by atoms with Crippen LogP contribution >= 0.6 is 0 Å². The lowest BCUT2D eigenvalue weighted by Crippen LogP contribution is -2.22. The number of nitrogens with one attached hydrogen (secondary N) is 1. The molecule has 2 saturated carbocycles. The molecule has 2 aliphatic carbocycles. The minimum atomic E-state index is -0.550. The quantitative estimate of drug-likeness (QED) is 0.869. The van der Waals surface area contributed by atoms with Gasteiger partial charge >= 0.3 is 0 Å². The van der Waals surface area contributed by atoms with E-state index in [-0.39, 0.29) is 23.1 Å². The summed E-state index contributed by atoms with van der Waals surface area (Å²) in [6.45, 7) is 0. The van der Waals surface area contributed by atoms with E-state index < -0.39 is 5.82 Å². The summed E-state index contributed by atoms with van der Waals surface area (Å²) in [4.78, 5) is 11.9. The monoisotopic (exact) mass is 244 g/mol. The molecule has 0 saturated heterocycles. The lowest BCUT2D eigenvalue weighted by atomic mass is 10.0. The zero-order valence-electron chi connectivity index (χ0n) is 9.82. The molecule has 0 spiro atoms. The van der Waals surface area contributed by atoms with Crippen LogP contribution in [0, 0.1) is 34.9 Å². The Kier molecular flexibility index (Phi) is 2.55. The Labute approximate surface area is 105 Å². The van der Waals surface area contributed by atoms with Gasteiger partial charge in [0.1, 0.15) is 5.82 Å². The van der Waals surface area contributed by atoms with Gasteiger partial charge in [0, 0.05) is 5.92 Å². The second-order valence-corrected chi connectivity index (χ2v) is 5.22.